The fraction of sp³-hybridized carbons (Fsp3) is 0.167. The lowest BCUT2D eigenvalue weighted by molar-refractivity contribution is 0.0952. The number of nitrogens with one attached hydrogen (secondary N) is 1. The molecule has 32 heavy (non-hydrogen) atoms. The molecule has 0 saturated heterocycles. The fourth-order valence-electron chi connectivity index (χ4n) is 3.70. The molecule has 8 heteroatoms. The van der Waals surface area contributed by atoms with E-state index < -0.39 is 0 Å². The van der Waals surface area contributed by atoms with Crippen LogP contribution in [0.2, 0.25) is 0 Å². The molecule has 0 radical (unpaired) electrons. The smallest absolute Gasteiger partial charge is 0.259 e. The van der Waals surface area contributed by atoms with E-state index >= 15 is 0 Å². The van der Waals surface area contributed by atoms with Crippen LogP contribution in [0.15, 0.2) is 65.7 Å². The van der Waals surface area contributed by atoms with Gasteiger partial charge >= 0.3 is 0 Å². The quantitative estimate of drug-likeness (QED) is 0.410. The van der Waals surface area contributed by atoms with Crippen LogP contribution < -0.4 is 5.32 Å². The van der Waals surface area contributed by atoms with Crippen LogP contribution in [-0.2, 0) is 13.1 Å². The highest BCUT2D eigenvalue weighted by Gasteiger charge is 2.20. The van der Waals surface area contributed by atoms with Crippen LogP contribution in [-0.4, -0.2) is 25.6 Å². The number of imidazole rings is 1. The second-order valence-corrected chi connectivity index (χ2v) is 8.89. The summed E-state index contributed by atoms with van der Waals surface area (Å²) in [5.74, 6) is -0.185. The Balaban J connectivity index is 1.44. The monoisotopic (exact) mass is 443 g/mol. The summed E-state index contributed by atoms with van der Waals surface area (Å²) in [6.07, 6.45) is 5.46. The number of nitrogens with zero attached hydrogens (tertiary/aromatic N) is 4. The van der Waals surface area contributed by atoms with Gasteiger partial charge in [0.1, 0.15) is 0 Å². The maximum Gasteiger partial charge on any atom is 0.259 e. The molecule has 0 saturated carbocycles. The fourth-order valence-corrected chi connectivity index (χ4v) is 4.53. The Labute approximate surface area is 188 Å². The lowest BCUT2D eigenvalue weighted by atomic mass is 10.1. The van der Waals surface area contributed by atoms with Crippen molar-refractivity contribution in [1.29, 1.82) is 0 Å². The number of amides is 1. The highest BCUT2D eigenvalue weighted by molar-refractivity contribution is 7.15. The molecule has 0 unspecified atom stereocenters. The first-order valence-corrected chi connectivity index (χ1v) is 11.0. The molecule has 1 aromatic carbocycles. The topological polar surface area (TPSA) is 85.8 Å². The van der Waals surface area contributed by atoms with Crippen molar-refractivity contribution in [1.82, 2.24) is 25.0 Å². The van der Waals surface area contributed by atoms with Crippen LogP contribution in [0.25, 0.3) is 21.7 Å². The van der Waals surface area contributed by atoms with Crippen LogP contribution >= 0.6 is 11.3 Å². The lowest BCUT2D eigenvalue weighted by Crippen LogP contribution is -2.24. The van der Waals surface area contributed by atoms with Crippen molar-refractivity contribution in [3.8, 4) is 10.6 Å². The third-order valence-corrected chi connectivity index (χ3v) is 6.35. The van der Waals surface area contributed by atoms with E-state index in [9.17, 15) is 4.79 Å². The number of hydrogen-bond donors (Lipinski definition) is 1. The van der Waals surface area contributed by atoms with Gasteiger partial charge in [-0.25, -0.2) is 9.97 Å². The van der Waals surface area contributed by atoms with E-state index in [1.807, 2.05) is 61.0 Å². The molecule has 0 bridgehead atoms. The molecular weight excluding hydrogens is 422 g/mol. The summed E-state index contributed by atoms with van der Waals surface area (Å²) >= 11 is 1.63. The van der Waals surface area contributed by atoms with E-state index in [2.05, 4.69) is 26.5 Å². The van der Waals surface area contributed by atoms with Crippen LogP contribution in [0.1, 0.15) is 32.1 Å². The summed E-state index contributed by atoms with van der Waals surface area (Å²) in [5, 5.41) is 7.75. The molecule has 5 rings (SSSR count). The Kier molecular flexibility index (Phi) is 5.28. The minimum Gasteiger partial charge on any atom is -0.348 e. The number of hydrogen-bond acceptors (Lipinski definition) is 6. The molecule has 4 aromatic heterocycles. The first kappa shape index (κ1) is 20.1. The van der Waals surface area contributed by atoms with Crippen molar-refractivity contribution in [2.75, 3.05) is 0 Å². The van der Waals surface area contributed by atoms with Gasteiger partial charge in [0.25, 0.3) is 11.6 Å². The van der Waals surface area contributed by atoms with Gasteiger partial charge in [0.05, 0.1) is 33.5 Å². The predicted molar refractivity (Wildman–Crippen MR) is 124 cm³/mol. The maximum atomic E-state index is 13.3. The molecule has 4 heterocycles. The van der Waals surface area contributed by atoms with Crippen molar-refractivity contribution in [2.24, 2.45) is 0 Å². The van der Waals surface area contributed by atoms with Gasteiger partial charge in [-0.3, -0.25) is 4.79 Å². The van der Waals surface area contributed by atoms with Crippen molar-refractivity contribution >= 4 is 28.3 Å². The normalized spacial score (nSPS) is 11.2. The largest absolute Gasteiger partial charge is 0.348 e. The van der Waals surface area contributed by atoms with Crippen molar-refractivity contribution in [3.63, 3.8) is 0 Å². The Morgan fingerprint density at radius 1 is 1.16 bits per heavy atom. The molecule has 1 N–H and O–H groups in total. The molecule has 1 amide bonds. The molecule has 0 fully saturated rings. The molecule has 0 aliphatic heterocycles. The predicted octanol–water partition coefficient (Wildman–Crippen LogP) is 4.74. The summed E-state index contributed by atoms with van der Waals surface area (Å²) in [4.78, 5) is 24.1. The Morgan fingerprint density at radius 3 is 2.75 bits per heavy atom. The van der Waals surface area contributed by atoms with Gasteiger partial charge in [-0.05, 0) is 43.2 Å². The number of carbonyl (C=O) groups excluding carboxylic acids is 1. The van der Waals surface area contributed by atoms with Crippen molar-refractivity contribution < 1.29 is 9.32 Å². The maximum absolute atomic E-state index is 13.3. The van der Waals surface area contributed by atoms with E-state index in [1.54, 1.807) is 23.9 Å². The summed E-state index contributed by atoms with van der Waals surface area (Å²) < 4.78 is 7.41. The highest BCUT2D eigenvalue weighted by atomic mass is 32.1. The molecular formula is C24H21N5O2S. The van der Waals surface area contributed by atoms with E-state index in [-0.39, 0.29) is 5.91 Å². The summed E-state index contributed by atoms with van der Waals surface area (Å²) in [6, 6.07) is 13.9. The Bertz CT molecular complexity index is 1400. The third kappa shape index (κ3) is 3.92. The van der Waals surface area contributed by atoms with E-state index in [4.69, 9.17) is 4.52 Å². The van der Waals surface area contributed by atoms with E-state index in [0.29, 0.717) is 41.1 Å². The highest BCUT2D eigenvalue weighted by Crippen LogP contribution is 2.31. The van der Waals surface area contributed by atoms with Crippen LogP contribution in [0.3, 0.4) is 0 Å². The molecule has 0 atom stereocenters. The van der Waals surface area contributed by atoms with Gasteiger partial charge in [-0.15, -0.1) is 11.3 Å². The number of thiophene rings is 1. The van der Waals surface area contributed by atoms with Crippen molar-refractivity contribution in [2.45, 2.75) is 26.9 Å². The number of pyridine rings is 1. The zero-order valence-corrected chi connectivity index (χ0v) is 18.5. The van der Waals surface area contributed by atoms with Crippen LogP contribution in [0.4, 0.5) is 0 Å². The molecule has 0 aliphatic carbocycles. The number of benzene rings is 1. The molecule has 0 aliphatic rings. The van der Waals surface area contributed by atoms with Crippen LogP contribution in [0, 0.1) is 13.8 Å². The minimum absolute atomic E-state index is 0.185. The summed E-state index contributed by atoms with van der Waals surface area (Å²) in [7, 11) is 0. The van der Waals surface area contributed by atoms with Gasteiger partial charge in [-0.1, -0.05) is 29.4 Å². The van der Waals surface area contributed by atoms with Gasteiger partial charge in [0.15, 0.2) is 0 Å². The lowest BCUT2D eigenvalue weighted by Gasteiger charge is -2.12. The summed E-state index contributed by atoms with van der Waals surface area (Å²) in [6.45, 7) is 4.96. The number of rotatable bonds is 6. The first-order chi connectivity index (χ1) is 15.6. The minimum atomic E-state index is -0.185. The Morgan fingerprint density at radius 2 is 2.00 bits per heavy atom. The SMILES string of the molecule is Cc1ccc(-c2cc(C(=O)NCc3ccccc3Cn3ccnc3)c3c(C)noc3n2)s1. The number of aromatic nitrogens is 4. The number of fused-ring (bicyclic) bond motifs is 1. The zero-order chi connectivity index (χ0) is 22.1. The van der Waals surface area contributed by atoms with Crippen LogP contribution in [0.5, 0.6) is 0 Å². The first-order valence-electron chi connectivity index (χ1n) is 10.2. The van der Waals surface area contributed by atoms with E-state index in [1.165, 1.54) is 4.88 Å². The van der Waals surface area contributed by atoms with Gasteiger partial charge in [0, 0.05) is 30.4 Å². The third-order valence-electron chi connectivity index (χ3n) is 5.32. The van der Waals surface area contributed by atoms with E-state index in [0.717, 1.165) is 16.0 Å². The Hall–Kier alpha value is -3.78. The van der Waals surface area contributed by atoms with Gasteiger partial charge in [-0.2, -0.15) is 0 Å². The number of carbonyl (C=O) groups is 1. The molecule has 5 aromatic rings. The molecule has 160 valence electrons. The van der Waals surface area contributed by atoms with Gasteiger partial charge < -0.3 is 14.4 Å². The second-order valence-electron chi connectivity index (χ2n) is 7.60. The average molecular weight is 444 g/mol. The zero-order valence-electron chi connectivity index (χ0n) is 17.7. The summed E-state index contributed by atoms with van der Waals surface area (Å²) in [5.41, 5.74) is 4.42. The average Bonchev–Trinajstić information content (AvgIpc) is 3.55. The van der Waals surface area contributed by atoms with Gasteiger partial charge in [0.2, 0.25) is 0 Å². The number of aryl methyl sites for hydroxylation is 2. The molecule has 7 nitrogen and oxygen atoms in total. The second kappa shape index (κ2) is 8.39. The standard InChI is InChI=1S/C24H21N5O2S/c1-15-7-8-21(32-15)20-11-19(22-16(2)28-31-24(22)27-20)23(30)26-12-17-5-3-4-6-18(17)13-29-10-9-25-14-29/h3-11,14H,12-13H2,1-2H3,(H,26,30). The van der Waals surface area contributed by atoms with Crippen molar-refractivity contribution in [3.05, 3.63) is 88.4 Å². The molecule has 0 spiro atoms.